The van der Waals surface area contributed by atoms with Gasteiger partial charge in [0.15, 0.2) is 17.2 Å². The molecule has 0 atom stereocenters. The summed E-state index contributed by atoms with van der Waals surface area (Å²) in [6.07, 6.45) is -7.79. The smallest absolute Gasteiger partial charge is 0.503 e. The van der Waals surface area contributed by atoms with Crippen LogP contribution in [0.1, 0.15) is 12.1 Å². The lowest BCUT2D eigenvalue weighted by Gasteiger charge is -2.14. The maximum absolute atomic E-state index is 12.3. The minimum atomic E-state index is -5.15. The van der Waals surface area contributed by atoms with Gasteiger partial charge in [-0.1, -0.05) is 0 Å². The van der Waals surface area contributed by atoms with Gasteiger partial charge in [-0.3, -0.25) is 0 Å². The van der Waals surface area contributed by atoms with E-state index in [1.807, 2.05) is 0 Å². The summed E-state index contributed by atoms with van der Waals surface area (Å²) >= 11 is 0. The number of aromatic nitrogens is 1. The largest absolute Gasteiger partial charge is 0.573 e. The highest BCUT2D eigenvalue weighted by Gasteiger charge is 2.35. The van der Waals surface area contributed by atoms with Crippen LogP contribution in [0, 0.1) is 0 Å². The van der Waals surface area contributed by atoms with Crippen LogP contribution < -0.4 is 9.47 Å². The quantitative estimate of drug-likeness (QED) is 0.848. The van der Waals surface area contributed by atoms with Crippen LogP contribution in [-0.4, -0.2) is 23.6 Å². The minimum absolute atomic E-state index is 0.599. The minimum Gasteiger partial charge on any atom is -0.503 e. The molecule has 1 heterocycles. The predicted octanol–water partition coefficient (Wildman–Crippen LogP) is 2.63. The molecule has 4 nitrogen and oxygen atoms in total. The van der Waals surface area contributed by atoms with E-state index in [1.54, 1.807) is 0 Å². The number of rotatable bonds is 3. The van der Waals surface area contributed by atoms with Crippen molar-refractivity contribution in [3.8, 4) is 17.2 Å². The zero-order valence-electron chi connectivity index (χ0n) is 8.26. The lowest BCUT2D eigenvalue weighted by Crippen LogP contribution is -2.18. The second-order valence-corrected chi connectivity index (χ2v) is 2.74. The summed E-state index contributed by atoms with van der Waals surface area (Å²) in [7, 11) is 0.974. The monoisotopic (exact) mass is 259 g/mol. The molecule has 0 spiro atoms. The molecule has 9 heteroatoms. The van der Waals surface area contributed by atoms with Gasteiger partial charge in [0.25, 0.3) is 6.43 Å². The van der Waals surface area contributed by atoms with Crippen LogP contribution in [-0.2, 0) is 0 Å². The first-order chi connectivity index (χ1) is 7.76. The third kappa shape index (κ3) is 3.08. The van der Waals surface area contributed by atoms with Crippen molar-refractivity contribution in [2.24, 2.45) is 0 Å². The van der Waals surface area contributed by atoms with Crippen molar-refractivity contribution in [2.75, 3.05) is 7.11 Å². The Kier molecular flexibility index (Phi) is 3.59. The molecule has 0 aliphatic rings. The average molecular weight is 259 g/mol. The summed E-state index contributed by atoms with van der Waals surface area (Å²) in [6.45, 7) is 0. The van der Waals surface area contributed by atoms with E-state index in [0.717, 1.165) is 7.11 Å². The predicted molar refractivity (Wildman–Crippen MR) is 44.1 cm³/mol. The molecule has 0 radical (unpaired) electrons. The second-order valence-electron chi connectivity index (χ2n) is 2.74. The fourth-order valence-corrected chi connectivity index (χ4v) is 1.00. The van der Waals surface area contributed by atoms with Gasteiger partial charge in [0.2, 0.25) is 5.75 Å². The summed E-state index contributed by atoms with van der Waals surface area (Å²) < 4.78 is 68.3. The zero-order chi connectivity index (χ0) is 13.2. The second kappa shape index (κ2) is 4.60. The molecule has 0 bridgehead atoms. The number of hydrogen-bond donors (Lipinski definition) is 1. The van der Waals surface area contributed by atoms with Gasteiger partial charge < -0.3 is 14.6 Å². The SMILES string of the molecule is COc1cnc(C(F)F)c(O)c1OC(F)(F)F. The lowest BCUT2D eigenvalue weighted by molar-refractivity contribution is -0.275. The molecule has 1 aromatic heterocycles. The van der Waals surface area contributed by atoms with E-state index in [0.29, 0.717) is 6.20 Å². The molecule has 1 aromatic rings. The Balaban J connectivity index is 3.28. The molecule has 0 aliphatic heterocycles. The Morgan fingerprint density at radius 1 is 1.35 bits per heavy atom. The first-order valence-corrected chi connectivity index (χ1v) is 4.06. The molecular formula is C8H6F5NO3. The van der Waals surface area contributed by atoms with Crippen LogP contribution in [0.4, 0.5) is 22.0 Å². The molecule has 0 unspecified atom stereocenters. The van der Waals surface area contributed by atoms with Crippen molar-refractivity contribution in [3.05, 3.63) is 11.9 Å². The van der Waals surface area contributed by atoms with Crippen LogP contribution in [0.25, 0.3) is 0 Å². The Labute approximate surface area is 91.6 Å². The molecule has 0 saturated heterocycles. The van der Waals surface area contributed by atoms with Crippen molar-refractivity contribution in [3.63, 3.8) is 0 Å². The average Bonchev–Trinajstić information content (AvgIpc) is 2.18. The fourth-order valence-electron chi connectivity index (χ4n) is 1.00. The Bertz CT molecular complexity index is 407. The molecular weight excluding hydrogens is 253 g/mol. The van der Waals surface area contributed by atoms with Gasteiger partial charge in [0, 0.05) is 0 Å². The van der Waals surface area contributed by atoms with Gasteiger partial charge in [-0.15, -0.1) is 13.2 Å². The molecule has 0 fully saturated rings. The number of ether oxygens (including phenoxy) is 2. The number of alkyl halides is 5. The molecule has 96 valence electrons. The number of pyridine rings is 1. The van der Waals surface area contributed by atoms with Crippen molar-refractivity contribution >= 4 is 0 Å². The maximum atomic E-state index is 12.3. The molecule has 0 aromatic carbocycles. The Morgan fingerprint density at radius 2 is 1.94 bits per heavy atom. The summed E-state index contributed by atoms with van der Waals surface area (Å²) in [5, 5.41) is 9.19. The Hall–Kier alpha value is -1.80. The van der Waals surface area contributed by atoms with Gasteiger partial charge >= 0.3 is 6.36 Å². The van der Waals surface area contributed by atoms with Crippen LogP contribution in [0.3, 0.4) is 0 Å². The highest BCUT2D eigenvalue weighted by Crippen LogP contribution is 2.43. The molecule has 0 amide bonds. The van der Waals surface area contributed by atoms with E-state index in [9.17, 15) is 27.1 Å². The van der Waals surface area contributed by atoms with E-state index in [2.05, 4.69) is 14.5 Å². The molecule has 0 aliphatic carbocycles. The maximum Gasteiger partial charge on any atom is 0.573 e. The first kappa shape index (κ1) is 13.3. The number of aromatic hydroxyl groups is 1. The van der Waals surface area contributed by atoms with E-state index >= 15 is 0 Å². The van der Waals surface area contributed by atoms with E-state index in [-0.39, 0.29) is 0 Å². The van der Waals surface area contributed by atoms with Gasteiger partial charge in [0.1, 0.15) is 0 Å². The molecule has 1 N–H and O–H groups in total. The van der Waals surface area contributed by atoms with Crippen LogP contribution >= 0.6 is 0 Å². The van der Waals surface area contributed by atoms with Crippen molar-refractivity contribution in [1.82, 2.24) is 4.98 Å². The highest BCUT2D eigenvalue weighted by molar-refractivity contribution is 5.51. The number of methoxy groups -OCH3 is 1. The van der Waals surface area contributed by atoms with Crippen LogP contribution in [0.5, 0.6) is 17.2 Å². The summed E-state index contributed by atoms with van der Waals surface area (Å²) in [5.41, 5.74) is -1.22. The van der Waals surface area contributed by atoms with Crippen molar-refractivity contribution in [1.29, 1.82) is 0 Å². The first-order valence-electron chi connectivity index (χ1n) is 4.06. The van der Waals surface area contributed by atoms with Crippen LogP contribution in [0.15, 0.2) is 6.20 Å². The summed E-state index contributed by atoms with van der Waals surface area (Å²) in [4.78, 5) is 3.07. The van der Waals surface area contributed by atoms with Gasteiger partial charge in [0.05, 0.1) is 13.3 Å². The topological polar surface area (TPSA) is 51.6 Å². The van der Waals surface area contributed by atoms with Gasteiger partial charge in [-0.05, 0) is 0 Å². The normalized spacial score (nSPS) is 11.7. The lowest BCUT2D eigenvalue weighted by atomic mass is 10.3. The van der Waals surface area contributed by atoms with Crippen molar-refractivity contribution < 1.29 is 36.5 Å². The fraction of sp³-hybridized carbons (Fsp3) is 0.375. The third-order valence-electron chi connectivity index (χ3n) is 1.65. The van der Waals surface area contributed by atoms with E-state index < -0.39 is 35.7 Å². The molecule has 0 saturated carbocycles. The standard InChI is InChI=1S/C8H6F5NO3/c1-16-3-2-14-4(7(9)10)5(15)6(3)17-8(11,12)13/h2,7,15H,1H3. The number of nitrogens with zero attached hydrogens (tertiary/aromatic N) is 1. The number of halogens is 5. The van der Waals surface area contributed by atoms with E-state index in [1.165, 1.54) is 0 Å². The molecule has 1 rings (SSSR count). The van der Waals surface area contributed by atoms with Gasteiger partial charge in [-0.25, -0.2) is 13.8 Å². The van der Waals surface area contributed by atoms with Crippen molar-refractivity contribution in [2.45, 2.75) is 12.8 Å². The summed E-state index contributed by atoms with van der Waals surface area (Å²) in [5.74, 6) is -3.26. The number of hydrogen-bond acceptors (Lipinski definition) is 4. The zero-order valence-corrected chi connectivity index (χ0v) is 8.26. The Morgan fingerprint density at radius 3 is 2.35 bits per heavy atom. The third-order valence-corrected chi connectivity index (χ3v) is 1.65. The highest BCUT2D eigenvalue weighted by atomic mass is 19.4. The molecule has 17 heavy (non-hydrogen) atoms. The van der Waals surface area contributed by atoms with E-state index in [4.69, 9.17) is 0 Å². The van der Waals surface area contributed by atoms with Gasteiger partial charge in [-0.2, -0.15) is 0 Å². The van der Waals surface area contributed by atoms with Crippen LogP contribution in [0.2, 0.25) is 0 Å². The summed E-state index contributed by atoms with van der Waals surface area (Å²) in [6, 6.07) is 0.